The first-order valence-corrected chi connectivity index (χ1v) is 4.94. The molecule has 1 N–H and O–H groups in total. The molecule has 0 aromatic rings. The fourth-order valence-electron chi connectivity index (χ4n) is 1.59. The van der Waals surface area contributed by atoms with Crippen LogP contribution < -0.4 is 5.32 Å². The molecule has 3 heteroatoms. The van der Waals surface area contributed by atoms with Crippen LogP contribution in [-0.2, 0) is 4.74 Å². The molecular weight excluding hydrogens is 164 g/mol. The Bertz CT molecular complexity index is 187. The lowest BCUT2D eigenvalue weighted by Gasteiger charge is -2.28. The topological polar surface area (TPSA) is 33.6 Å². The zero-order valence-corrected chi connectivity index (χ0v) is 8.89. The van der Waals surface area contributed by atoms with Gasteiger partial charge >= 0.3 is 0 Å². The zero-order chi connectivity index (χ0) is 9.73. The van der Waals surface area contributed by atoms with Crippen molar-refractivity contribution in [2.75, 3.05) is 20.3 Å². The maximum Gasteiger partial charge on any atom is 0.0967 e. The molecule has 0 bridgehead atoms. The van der Waals surface area contributed by atoms with Crippen LogP contribution in [0, 0.1) is 0 Å². The lowest BCUT2D eigenvalue weighted by molar-refractivity contribution is 0.139. The van der Waals surface area contributed by atoms with Gasteiger partial charge in [-0.1, -0.05) is 0 Å². The van der Waals surface area contributed by atoms with E-state index in [1.807, 2.05) is 0 Å². The second-order valence-electron chi connectivity index (χ2n) is 4.23. The van der Waals surface area contributed by atoms with Gasteiger partial charge in [0.25, 0.3) is 0 Å². The van der Waals surface area contributed by atoms with E-state index in [1.54, 1.807) is 7.11 Å². The molecule has 0 amide bonds. The number of rotatable bonds is 3. The molecular formula is C10H20N2O. The summed E-state index contributed by atoms with van der Waals surface area (Å²) in [7, 11) is 1.73. The highest BCUT2D eigenvalue weighted by atomic mass is 16.5. The van der Waals surface area contributed by atoms with Gasteiger partial charge in [0, 0.05) is 20.1 Å². The minimum Gasteiger partial charge on any atom is -0.382 e. The molecule has 0 saturated heterocycles. The van der Waals surface area contributed by atoms with Gasteiger partial charge in [-0.05, 0) is 26.7 Å². The molecule has 76 valence electrons. The van der Waals surface area contributed by atoms with E-state index in [-0.39, 0.29) is 5.54 Å². The van der Waals surface area contributed by atoms with E-state index in [1.165, 1.54) is 12.8 Å². The van der Waals surface area contributed by atoms with Gasteiger partial charge in [0.15, 0.2) is 0 Å². The van der Waals surface area contributed by atoms with Crippen LogP contribution >= 0.6 is 0 Å². The molecule has 0 saturated carbocycles. The Hall–Kier alpha value is -0.570. The first-order valence-electron chi connectivity index (χ1n) is 4.94. The minimum absolute atomic E-state index is 0.00488. The molecule has 0 unspecified atom stereocenters. The number of aliphatic imine (C=N–C) groups is 1. The Morgan fingerprint density at radius 3 is 2.77 bits per heavy atom. The number of methoxy groups -OCH3 is 1. The number of ether oxygens (including phenoxy) is 1. The van der Waals surface area contributed by atoms with Gasteiger partial charge in [-0.2, -0.15) is 0 Å². The fraction of sp³-hybridized carbons (Fsp3) is 0.900. The molecule has 1 rings (SSSR count). The summed E-state index contributed by atoms with van der Waals surface area (Å²) in [6.07, 6.45) is 3.58. The van der Waals surface area contributed by atoms with E-state index in [0.717, 1.165) is 18.8 Å². The highest BCUT2D eigenvalue weighted by Crippen LogP contribution is 2.08. The van der Waals surface area contributed by atoms with E-state index < -0.39 is 0 Å². The highest BCUT2D eigenvalue weighted by Gasteiger charge is 2.19. The van der Waals surface area contributed by atoms with E-state index in [9.17, 15) is 0 Å². The van der Waals surface area contributed by atoms with Gasteiger partial charge < -0.3 is 10.1 Å². The van der Waals surface area contributed by atoms with Gasteiger partial charge in [0.05, 0.1) is 18.0 Å². The Balaban J connectivity index is 2.41. The summed E-state index contributed by atoms with van der Waals surface area (Å²) in [5, 5.41) is 3.42. The first kappa shape index (κ1) is 10.5. The van der Waals surface area contributed by atoms with Crippen LogP contribution in [0.25, 0.3) is 0 Å². The number of nitrogens with one attached hydrogen (secondary N) is 1. The van der Waals surface area contributed by atoms with Crippen molar-refractivity contribution in [3.8, 4) is 0 Å². The second kappa shape index (κ2) is 4.61. The van der Waals surface area contributed by atoms with Crippen LogP contribution in [0.15, 0.2) is 4.99 Å². The van der Waals surface area contributed by atoms with Crippen molar-refractivity contribution in [3.05, 3.63) is 0 Å². The van der Waals surface area contributed by atoms with Gasteiger partial charge in [-0.15, -0.1) is 0 Å². The lowest BCUT2D eigenvalue weighted by Crippen LogP contribution is -2.47. The Labute approximate surface area is 80.6 Å². The predicted octanol–water partition coefficient (Wildman–Crippen LogP) is 1.58. The van der Waals surface area contributed by atoms with Crippen LogP contribution in [0.3, 0.4) is 0 Å². The third kappa shape index (κ3) is 3.77. The van der Waals surface area contributed by atoms with Crippen molar-refractivity contribution in [1.82, 2.24) is 5.32 Å². The van der Waals surface area contributed by atoms with Crippen molar-refractivity contribution < 1.29 is 4.74 Å². The standard InChI is InChI=1S/C10H20N2O/c1-10(2,8-13-3)12-9-6-4-5-7-11-9/h4-8H2,1-3H3,(H,11,12). The van der Waals surface area contributed by atoms with Crippen LogP contribution in [0.1, 0.15) is 33.1 Å². The number of hydrogen-bond acceptors (Lipinski definition) is 3. The second-order valence-corrected chi connectivity index (χ2v) is 4.23. The van der Waals surface area contributed by atoms with Gasteiger partial charge in [0.2, 0.25) is 0 Å². The predicted molar refractivity (Wildman–Crippen MR) is 55.2 cm³/mol. The van der Waals surface area contributed by atoms with E-state index in [4.69, 9.17) is 4.74 Å². The molecule has 1 aliphatic rings. The van der Waals surface area contributed by atoms with Crippen molar-refractivity contribution in [2.24, 2.45) is 4.99 Å². The third-order valence-corrected chi connectivity index (χ3v) is 2.11. The van der Waals surface area contributed by atoms with Crippen LogP contribution in [0.5, 0.6) is 0 Å². The number of nitrogens with zero attached hydrogens (tertiary/aromatic N) is 1. The number of amidine groups is 1. The fourth-order valence-corrected chi connectivity index (χ4v) is 1.59. The Morgan fingerprint density at radius 2 is 2.23 bits per heavy atom. The monoisotopic (exact) mass is 184 g/mol. The molecule has 0 aromatic carbocycles. The molecule has 0 spiro atoms. The largest absolute Gasteiger partial charge is 0.382 e. The van der Waals surface area contributed by atoms with Crippen molar-refractivity contribution in [1.29, 1.82) is 0 Å². The molecule has 1 aliphatic heterocycles. The maximum atomic E-state index is 5.13. The first-order chi connectivity index (χ1) is 6.14. The summed E-state index contributed by atoms with van der Waals surface area (Å²) in [5.74, 6) is 1.15. The average molecular weight is 184 g/mol. The minimum atomic E-state index is 0.00488. The molecule has 13 heavy (non-hydrogen) atoms. The molecule has 0 atom stereocenters. The SMILES string of the molecule is COCC(C)(C)NC1=NCCCC1. The molecule has 3 nitrogen and oxygen atoms in total. The summed E-state index contributed by atoms with van der Waals surface area (Å²) >= 11 is 0. The Kier molecular flexibility index (Phi) is 3.72. The van der Waals surface area contributed by atoms with Crippen molar-refractivity contribution in [2.45, 2.75) is 38.6 Å². The maximum absolute atomic E-state index is 5.13. The highest BCUT2D eigenvalue weighted by molar-refractivity contribution is 5.83. The molecule has 1 heterocycles. The van der Waals surface area contributed by atoms with Gasteiger partial charge in [0.1, 0.15) is 0 Å². The average Bonchev–Trinajstić information content (AvgIpc) is 2.04. The van der Waals surface area contributed by atoms with Gasteiger partial charge in [-0.3, -0.25) is 4.99 Å². The smallest absolute Gasteiger partial charge is 0.0967 e. The van der Waals surface area contributed by atoms with E-state index in [0.29, 0.717) is 6.61 Å². The normalized spacial score (nSPS) is 18.2. The van der Waals surface area contributed by atoms with Crippen molar-refractivity contribution >= 4 is 5.84 Å². The molecule has 0 fully saturated rings. The summed E-state index contributed by atoms with van der Waals surface area (Å²) in [4.78, 5) is 4.45. The van der Waals surface area contributed by atoms with Crippen LogP contribution in [0.4, 0.5) is 0 Å². The van der Waals surface area contributed by atoms with Crippen LogP contribution in [0.2, 0.25) is 0 Å². The molecule has 0 radical (unpaired) electrons. The van der Waals surface area contributed by atoms with Crippen LogP contribution in [-0.4, -0.2) is 31.6 Å². The summed E-state index contributed by atoms with van der Waals surface area (Å²) in [6.45, 7) is 5.96. The molecule has 0 aromatic heterocycles. The zero-order valence-electron chi connectivity index (χ0n) is 8.89. The lowest BCUT2D eigenvalue weighted by atomic mass is 10.1. The number of hydrogen-bond donors (Lipinski definition) is 1. The summed E-state index contributed by atoms with van der Waals surface area (Å²) in [6, 6.07) is 0. The summed E-state index contributed by atoms with van der Waals surface area (Å²) in [5.41, 5.74) is 0.00488. The third-order valence-electron chi connectivity index (χ3n) is 2.11. The van der Waals surface area contributed by atoms with Crippen molar-refractivity contribution in [3.63, 3.8) is 0 Å². The Morgan fingerprint density at radius 1 is 1.46 bits per heavy atom. The van der Waals surface area contributed by atoms with E-state index >= 15 is 0 Å². The van der Waals surface area contributed by atoms with E-state index in [2.05, 4.69) is 24.2 Å². The quantitative estimate of drug-likeness (QED) is 0.722. The summed E-state index contributed by atoms with van der Waals surface area (Å²) < 4.78 is 5.13. The van der Waals surface area contributed by atoms with Gasteiger partial charge in [-0.25, -0.2) is 0 Å². The molecule has 0 aliphatic carbocycles.